The number of ketones is 1. The number of hydrogen-bond acceptors (Lipinski definition) is 4. The number of benzene rings is 2. The Hall–Kier alpha value is -3.64. The monoisotopic (exact) mass is 434 g/mol. The normalized spacial score (nSPS) is 17.7. The van der Waals surface area contributed by atoms with Gasteiger partial charge in [-0.15, -0.1) is 0 Å². The molecule has 0 spiro atoms. The molecule has 1 atom stereocenters. The van der Waals surface area contributed by atoms with E-state index in [9.17, 15) is 14.7 Å². The third kappa shape index (κ3) is 4.02. The Morgan fingerprint density at radius 2 is 1.90 bits per heavy atom. The van der Waals surface area contributed by atoms with E-state index in [1.807, 2.05) is 6.07 Å². The van der Waals surface area contributed by atoms with Crippen LogP contribution in [-0.2, 0) is 16.1 Å². The molecule has 1 amide bonds. The number of carbonyl (C=O) groups excluding carboxylic acids is 2. The SMILES string of the molecule is COc1cccc(C([O-])=C2C(=O)C(=O)N(Cc3ccc[nH+]c3)C2c2ccc(Cl)cc2)c1. The lowest BCUT2D eigenvalue weighted by atomic mass is 9.95. The molecule has 0 aliphatic carbocycles. The Bertz CT molecular complexity index is 1160. The molecule has 1 unspecified atom stereocenters. The van der Waals surface area contributed by atoms with Gasteiger partial charge in [-0.05, 0) is 41.5 Å². The van der Waals surface area contributed by atoms with Crippen LogP contribution in [0, 0.1) is 0 Å². The number of amides is 1. The van der Waals surface area contributed by atoms with E-state index in [0.29, 0.717) is 16.3 Å². The Morgan fingerprint density at radius 3 is 2.58 bits per heavy atom. The number of methoxy groups -OCH3 is 1. The highest BCUT2D eigenvalue weighted by atomic mass is 35.5. The Labute approximate surface area is 184 Å². The zero-order chi connectivity index (χ0) is 22.0. The zero-order valence-electron chi connectivity index (χ0n) is 16.7. The van der Waals surface area contributed by atoms with Gasteiger partial charge in [0.15, 0.2) is 12.4 Å². The Kier molecular flexibility index (Phi) is 5.73. The summed E-state index contributed by atoms with van der Waals surface area (Å²) in [6.07, 6.45) is 3.50. The first-order valence-electron chi connectivity index (χ1n) is 9.61. The molecule has 0 radical (unpaired) electrons. The molecule has 1 fully saturated rings. The molecule has 6 nitrogen and oxygen atoms in total. The summed E-state index contributed by atoms with van der Waals surface area (Å²) in [7, 11) is 1.50. The number of pyridine rings is 1. The van der Waals surface area contributed by atoms with Crippen LogP contribution in [0.15, 0.2) is 78.6 Å². The molecule has 1 aliphatic heterocycles. The molecule has 3 aromatic rings. The van der Waals surface area contributed by atoms with Crippen LogP contribution < -0.4 is 14.8 Å². The van der Waals surface area contributed by atoms with Crippen molar-refractivity contribution in [2.45, 2.75) is 12.6 Å². The first-order valence-corrected chi connectivity index (χ1v) is 9.98. The number of carbonyl (C=O) groups is 2. The minimum Gasteiger partial charge on any atom is -0.872 e. The summed E-state index contributed by atoms with van der Waals surface area (Å²) in [5.74, 6) is -1.52. The molecule has 156 valence electrons. The van der Waals surface area contributed by atoms with Gasteiger partial charge in [0, 0.05) is 22.2 Å². The number of likely N-dealkylation sites (tertiary alicyclic amines) is 1. The second-order valence-corrected chi connectivity index (χ2v) is 7.54. The summed E-state index contributed by atoms with van der Waals surface area (Å²) >= 11 is 6.03. The fraction of sp³-hybridized carbons (Fsp3) is 0.125. The van der Waals surface area contributed by atoms with Crippen molar-refractivity contribution in [3.05, 3.63) is 100 Å². The average molecular weight is 435 g/mol. The molecule has 31 heavy (non-hydrogen) atoms. The van der Waals surface area contributed by atoms with E-state index in [1.165, 1.54) is 12.0 Å². The molecule has 2 aromatic carbocycles. The van der Waals surface area contributed by atoms with Gasteiger partial charge in [0.25, 0.3) is 5.91 Å². The van der Waals surface area contributed by atoms with E-state index in [1.54, 1.807) is 67.0 Å². The molecular formula is C24H19ClN2O4. The van der Waals surface area contributed by atoms with Gasteiger partial charge < -0.3 is 14.7 Å². The van der Waals surface area contributed by atoms with Crippen LogP contribution in [0.1, 0.15) is 22.7 Å². The average Bonchev–Trinajstić information content (AvgIpc) is 3.05. The fourth-order valence-corrected chi connectivity index (χ4v) is 3.80. The number of nitrogens with zero attached hydrogens (tertiary/aromatic N) is 1. The number of aromatic nitrogens is 1. The summed E-state index contributed by atoms with van der Waals surface area (Å²) in [5, 5.41) is 13.9. The number of halogens is 1. The first kappa shape index (κ1) is 20.6. The van der Waals surface area contributed by atoms with Crippen molar-refractivity contribution < 1.29 is 24.4 Å². The molecule has 7 heteroatoms. The molecule has 1 saturated heterocycles. The van der Waals surface area contributed by atoms with Crippen molar-refractivity contribution in [3.63, 3.8) is 0 Å². The molecule has 1 aliphatic rings. The third-order valence-corrected chi connectivity index (χ3v) is 5.42. The van der Waals surface area contributed by atoms with Gasteiger partial charge in [-0.25, -0.2) is 4.98 Å². The summed E-state index contributed by atoms with van der Waals surface area (Å²) < 4.78 is 5.20. The number of nitrogens with one attached hydrogen (secondary N) is 1. The van der Waals surface area contributed by atoms with Crippen molar-refractivity contribution in [2.75, 3.05) is 7.11 Å². The first-order chi connectivity index (χ1) is 15.0. The molecule has 2 heterocycles. The van der Waals surface area contributed by atoms with Crippen LogP contribution in [0.2, 0.25) is 5.02 Å². The van der Waals surface area contributed by atoms with Crippen molar-refractivity contribution in [1.82, 2.24) is 4.90 Å². The number of Topliss-reactive ketones (excluding diaryl/α,β-unsaturated/α-hetero) is 1. The Morgan fingerprint density at radius 1 is 1.13 bits per heavy atom. The lowest BCUT2D eigenvalue weighted by molar-refractivity contribution is -0.378. The topological polar surface area (TPSA) is 83.8 Å². The molecule has 0 bridgehead atoms. The maximum Gasteiger partial charge on any atom is 0.295 e. The third-order valence-electron chi connectivity index (χ3n) is 5.17. The van der Waals surface area contributed by atoms with Crippen LogP contribution in [0.3, 0.4) is 0 Å². The van der Waals surface area contributed by atoms with Gasteiger partial charge in [-0.2, -0.15) is 0 Å². The molecule has 0 saturated carbocycles. The highest BCUT2D eigenvalue weighted by molar-refractivity contribution is 6.46. The molecular weight excluding hydrogens is 416 g/mol. The Balaban J connectivity index is 1.86. The van der Waals surface area contributed by atoms with E-state index in [4.69, 9.17) is 16.3 Å². The van der Waals surface area contributed by atoms with Crippen LogP contribution >= 0.6 is 11.6 Å². The fourth-order valence-electron chi connectivity index (χ4n) is 3.67. The van der Waals surface area contributed by atoms with E-state index in [2.05, 4.69) is 4.98 Å². The van der Waals surface area contributed by atoms with Crippen LogP contribution in [0.4, 0.5) is 0 Å². The number of H-pyrrole nitrogens is 1. The van der Waals surface area contributed by atoms with Crippen molar-refractivity contribution in [3.8, 4) is 5.75 Å². The summed E-state index contributed by atoms with van der Waals surface area (Å²) in [6.45, 7) is 0.171. The van der Waals surface area contributed by atoms with E-state index < -0.39 is 23.5 Å². The van der Waals surface area contributed by atoms with Gasteiger partial charge in [0.05, 0.1) is 19.7 Å². The van der Waals surface area contributed by atoms with Crippen molar-refractivity contribution in [2.24, 2.45) is 0 Å². The smallest absolute Gasteiger partial charge is 0.295 e. The molecule has 1 N–H and O–H groups in total. The maximum absolute atomic E-state index is 13.4. The minimum atomic E-state index is -0.823. The van der Waals surface area contributed by atoms with Gasteiger partial charge in [0.2, 0.25) is 5.78 Å². The van der Waals surface area contributed by atoms with E-state index in [-0.39, 0.29) is 17.7 Å². The van der Waals surface area contributed by atoms with Gasteiger partial charge in [-0.1, -0.05) is 41.6 Å². The standard InChI is InChI=1S/C24H19ClN2O4/c1-31-19-6-2-5-17(12-19)22(28)20-21(16-7-9-18(25)10-8-16)27(24(30)23(20)29)14-15-4-3-11-26-13-15/h2-13,21,28H,14H2,1H3. The highest BCUT2D eigenvalue weighted by Gasteiger charge is 2.44. The van der Waals surface area contributed by atoms with Crippen LogP contribution in [0.5, 0.6) is 5.75 Å². The van der Waals surface area contributed by atoms with Gasteiger partial charge in [-0.3, -0.25) is 9.59 Å². The van der Waals surface area contributed by atoms with E-state index >= 15 is 0 Å². The predicted molar refractivity (Wildman–Crippen MR) is 113 cm³/mol. The maximum atomic E-state index is 13.4. The highest BCUT2D eigenvalue weighted by Crippen LogP contribution is 2.40. The zero-order valence-corrected chi connectivity index (χ0v) is 17.4. The van der Waals surface area contributed by atoms with Crippen LogP contribution in [0.25, 0.3) is 5.76 Å². The largest absolute Gasteiger partial charge is 0.872 e. The minimum absolute atomic E-state index is 0.0829. The van der Waals surface area contributed by atoms with Crippen LogP contribution in [-0.4, -0.2) is 23.7 Å². The number of rotatable bonds is 5. The summed E-state index contributed by atoms with van der Waals surface area (Å²) in [4.78, 5) is 30.4. The van der Waals surface area contributed by atoms with Gasteiger partial charge >= 0.3 is 0 Å². The molecule has 1 aromatic heterocycles. The number of ether oxygens (including phenoxy) is 1. The molecule has 4 rings (SSSR count). The second-order valence-electron chi connectivity index (χ2n) is 7.10. The van der Waals surface area contributed by atoms with E-state index in [0.717, 1.165) is 5.56 Å². The summed E-state index contributed by atoms with van der Waals surface area (Å²) in [5.41, 5.74) is 1.64. The van der Waals surface area contributed by atoms with Crippen molar-refractivity contribution >= 4 is 29.1 Å². The summed E-state index contributed by atoms with van der Waals surface area (Å²) in [6, 6.07) is 16.2. The predicted octanol–water partition coefficient (Wildman–Crippen LogP) is 2.59. The second kappa shape index (κ2) is 8.62. The van der Waals surface area contributed by atoms with Gasteiger partial charge in [0.1, 0.15) is 5.75 Å². The number of aromatic amines is 1. The lowest BCUT2D eigenvalue weighted by Gasteiger charge is -2.27. The van der Waals surface area contributed by atoms with Crippen molar-refractivity contribution in [1.29, 1.82) is 0 Å². The number of hydrogen-bond donors (Lipinski definition) is 0. The lowest BCUT2D eigenvalue weighted by Crippen LogP contribution is -2.29. The quantitative estimate of drug-likeness (QED) is 0.351.